The smallest absolute Gasteiger partial charge is 0.323 e. The molecule has 0 saturated carbocycles. The molecule has 3 rings (SSSR count). The van der Waals surface area contributed by atoms with E-state index in [1.807, 2.05) is 20.9 Å². The lowest BCUT2D eigenvalue weighted by Gasteiger charge is -2.34. The van der Waals surface area contributed by atoms with Crippen LogP contribution in [0.1, 0.15) is 50.4 Å². The molecule has 220 valence electrons. The SMILES string of the molecule is CNC[C@H]1OCCCC[C@@H](C)Oc2ccc(NC(=O)Nc3ccc(OC)cc3)cc2C(=O)N([C@@H](C)CO)C[C@H]1C. The van der Waals surface area contributed by atoms with Crippen molar-refractivity contribution in [1.82, 2.24) is 10.2 Å². The topological polar surface area (TPSA) is 121 Å². The molecule has 0 aromatic heterocycles. The van der Waals surface area contributed by atoms with Crippen LogP contribution in [0.3, 0.4) is 0 Å². The maximum absolute atomic E-state index is 14.1. The van der Waals surface area contributed by atoms with E-state index >= 15 is 0 Å². The number of urea groups is 1. The Morgan fingerprint density at radius 2 is 1.82 bits per heavy atom. The summed E-state index contributed by atoms with van der Waals surface area (Å²) in [4.78, 5) is 28.5. The standard InChI is InChI=1S/C30H44N4O6/c1-20-18-34(21(2)19-35)29(36)26-16-24(33-30(37)32-23-9-12-25(38-5)13-10-23)11-14-27(26)40-22(3)8-6-7-15-39-28(20)17-31-4/h9-14,16,20-22,28,31,35H,6-8,15,17-19H2,1-5H3,(H2,32,33,37)/t20-,21+,22-,28-/m1/s1. The molecule has 0 bridgehead atoms. The van der Waals surface area contributed by atoms with Gasteiger partial charge in [-0.3, -0.25) is 4.79 Å². The maximum Gasteiger partial charge on any atom is 0.323 e. The van der Waals surface area contributed by atoms with Gasteiger partial charge in [-0.05, 0) is 82.6 Å². The number of nitrogens with zero attached hydrogens (tertiary/aromatic N) is 1. The minimum atomic E-state index is -0.450. The summed E-state index contributed by atoms with van der Waals surface area (Å²) < 4.78 is 17.6. The fourth-order valence-electron chi connectivity index (χ4n) is 4.66. The molecule has 2 aromatic rings. The van der Waals surface area contributed by atoms with E-state index in [-0.39, 0.29) is 30.6 Å². The number of likely N-dealkylation sites (N-methyl/N-ethyl adjacent to an activating group) is 1. The second-order valence-corrected chi connectivity index (χ2v) is 10.4. The predicted molar refractivity (Wildman–Crippen MR) is 156 cm³/mol. The Balaban J connectivity index is 1.90. The van der Waals surface area contributed by atoms with Crippen LogP contribution >= 0.6 is 0 Å². The number of amides is 3. The zero-order chi connectivity index (χ0) is 29.1. The van der Waals surface area contributed by atoms with Gasteiger partial charge in [0.25, 0.3) is 5.91 Å². The highest BCUT2D eigenvalue weighted by molar-refractivity contribution is 6.02. The highest BCUT2D eigenvalue weighted by atomic mass is 16.5. The van der Waals surface area contributed by atoms with Gasteiger partial charge < -0.3 is 40.2 Å². The number of nitrogens with one attached hydrogen (secondary N) is 3. The number of rotatable bonds is 7. The Kier molecular flexibility index (Phi) is 12.0. The molecular weight excluding hydrogens is 512 g/mol. The van der Waals surface area contributed by atoms with Crippen molar-refractivity contribution in [2.75, 3.05) is 51.1 Å². The van der Waals surface area contributed by atoms with Crippen LogP contribution in [0.25, 0.3) is 0 Å². The van der Waals surface area contributed by atoms with Gasteiger partial charge in [0.15, 0.2) is 0 Å². The van der Waals surface area contributed by atoms with Gasteiger partial charge in [-0.1, -0.05) is 6.92 Å². The van der Waals surface area contributed by atoms with E-state index in [9.17, 15) is 14.7 Å². The third kappa shape index (κ3) is 8.84. The molecule has 2 aromatic carbocycles. The number of ether oxygens (including phenoxy) is 3. The van der Waals surface area contributed by atoms with E-state index in [0.717, 1.165) is 19.3 Å². The molecule has 0 fully saturated rings. The first-order valence-electron chi connectivity index (χ1n) is 14.0. The van der Waals surface area contributed by atoms with Crippen molar-refractivity contribution in [3.63, 3.8) is 0 Å². The van der Waals surface area contributed by atoms with Crippen LogP contribution in [-0.2, 0) is 4.74 Å². The summed E-state index contributed by atoms with van der Waals surface area (Å²) in [5.74, 6) is 0.856. The second kappa shape index (κ2) is 15.4. The number of benzene rings is 2. The summed E-state index contributed by atoms with van der Waals surface area (Å²) in [5.41, 5.74) is 1.36. The molecule has 1 aliphatic heterocycles. The number of hydrogen-bond acceptors (Lipinski definition) is 7. The molecule has 0 unspecified atom stereocenters. The monoisotopic (exact) mass is 556 g/mol. The highest BCUT2D eigenvalue weighted by Gasteiger charge is 2.29. The van der Waals surface area contributed by atoms with Crippen LogP contribution in [0.4, 0.5) is 16.2 Å². The number of hydrogen-bond donors (Lipinski definition) is 4. The lowest BCUT2D eigenvalue weighted by atomic mass is 10.0. The number of carbonyl (C=O) groups excluding carboxylic acids is 2. The Morgan fingerprint density at radius 3 is 2.50 bits per heavy atom. The Labute approximate surface area is 237 Å². The van der Waals surface area contributed by atoms with Crippen LogP contribution in [0, 0.1) is 5.92 Å². The van der Waals surface area contributed by atoms with Crippen molar-refractivity contribution in [2.24, 2.45) is 5.92 Å². The van der Waals surface area contributed by atoms with Gasteiger partial charge in [0.1, 0.15) is 11.5 Å². The second-order valence-electron chi connectivity index (χ2n) is 10.4. The third-order valence-corrected chi connectivity index (χ3v) is 7.06. The number of anilines is 2. The lowest BCUT2D eigenvalue weighted by Crippen LogP contribution is -2.47. The highest BCUT2D eigenvalue weighted by Crippen LogP contribution is 2.28. The number of carbonyl (C=O) groups is 2. The minimum Gasteiger partial charge on any atom is -0.497 e. The number of fused-ring (bicyclic) bond motifs is 1. The zero-order valence-corrected chi connectivity index (χ0v) is 24.2. The predicted octanol–water partition coefficient (Wildman–Crippen LogP) is 4.35. The van der Waals surface area contributed by atoms with Gasteiger partial charge in [-0.25, -0.2) is 4.79 Å². The van der Waals surface area contributed by atoms with Crippen LogP contribution in [0.2, 0.25) is 0 Å². The fraction of sp³-hybridized carbons (Fsp3) is 0.533. The third-order valence-electron chi connectivity index (χ3n) is 7.06. The van der Waals surface area contributed by atoms with E-state index in [2.05, 4.69) is 22.9 Å². The van der Waals surface area contributed by atoms with Gasteiger partial charge in [0, 0.05) is 37.0 Å². The first-order chi connectivity index (χ1) is 19.2. The van der Waals surface area contributed by atoms with Gasteiger partial charge >= 0.3 is 6.03 Å². The van der Waals surface area contributed by atoms with E-state index in [0.29, 0.717) is 48.1 Å². The molecule has 0 spiro atoms. The minimum absolute atomic E-state index is 0.00761. The zero-order valence-electron chi connectivity index (χ0n) is 24.2. The molecular formula is C30H44N4O6. The van der Waals surface area contributed by atoms with Gasteiger partial charge in [0.05, 0.1) is 37.5 Å². The maximum atomic E-state index is 14.1. The largest absolute Gasteiger partial charge is 0.497 e. The molecule has 40 heavy (non-hydrogen) atoms. The number of aliphatic hydroxyl groups is 1. The first-order valence-corrected chi connectivity index (χ1v) is 14.0. The number of methoxy groups -OCH3 is 1. The summed E-state index contributed by atoms with van der Waals surface area (Å²) in [6, 6.07) is 11.2. The average molecular weight is 557 g/mol. The molecule has 0 aliphatic carbocycles. The molecule has 0 saturated heterocycles. The van der Waals surface area contributed by atoms with Gasteiger partial charge in [0.2, 0.25) is 0 Å². The Hall–Kier alpha value is -3.34. The van der Waals surface area contributed by atoms with Crippen LogP contribution in [-0.4, -0.2) is 80.7 Å². The van der Waals surface area contributed by atoms with Crippen LogP contribution in [0.15, 0.2) is 42.5 Å². The summed E-state index contributed by atoms with van der Waals surface area (Å²) >= 11 is 0. The first kappa shape index (κ1) is 31.2. The van der Waals surface area contributed by atoms with Gasteiger partial charge in [-0.15, -0.1) is 0 Å². The summed E-state index contributed by atoms with van der Waals surface area (Å²) in [7, 11) is 3.46. The molecule has 1 heterocycles. The van der Waals surface area contributed by atoms with Crippen molar-refractivity contribution >= 4 is 23.3 Å². The van der Waals surface area contributed by atoms with E-state index < -0.39 is 12.1 Å². The molecule has 10 nitrogen and oxygen atoms in total. The normalized spacial score (nSPS) is 21.4. The van der Waals surface area contributed by atoms with Crippen molar-refractivity contribution in [3.8, 4) is 11.5 Å². The van der Waals surface area contributed by atoms with E-state index in [4.69, 9.17) is 14.2 Å². The van der Waals surface area contributed by atoms with Crippen molar-refractivity contribution in [3.05, 3.63) is 48.0 Å². The van der Waals surface area contributed by atoms with Crippen LogP contribution < -0.4 is 25.4 Å². The molecule has 0 radical (unpaired) electrons. The van der Waals surface area contributed by atoms with Crippen molar-refractivity contribution in [1.29, 1.82) is 0 Å². The molecule has 1 aliphatic rings. The fourth-order valence-corrected chi connectivity index (χ4v) is 4.66. The molecule has 4 N–H and O–H groups in total. The lowest BCUT2D eigenvalue weighted by molar-refractivity contribution is -0.000451. The van der Waals surface area contributed by atoms with E-state index in [1.54, 1.807) is 54.5 Å². The van der Waals surface area contributed by atoms with Crippen molar-refractivity contribution < 1.29 is 28.9 Å². The molecule has 10 heteroatoms. The average Bonchev–Trinajstić information content (AvgIpc) is 2.95. The Morgan fingerprint density at radius 1 is 1.12 bits per heavy atom. The van der Waals surface area contributed by atoms with Crippen LogP contribution in [0.5, 0.6) is 11.5 Å². The quantitative estimate of drug-likeness (QED) is 0.400. The number of aliphatic hydroxyl groups excluding tert-OH is 1. The summed E-state index contributed by atoms with van der Waals surface area (Å²) in [5, 5.41) is 18.8. The molecule has 4 atom stereocenters. The van der Waals surface area contributed by atoms with E-state index in [1.165, 1.54) is 0 Å². The van der Waals surface area contributed by atoms with Crippen molar-refractivity contribution in [2.45, 2.75) is 58.3 Å². The van der Waals surface area contributed by atoms with Gasteiger partial charge in [-0.2, -0.15) is 0 Å². The Bertz CT molecular complexity index is 1100. The summed E-state index contributed by atoms with van der Waals surface area (Å²) in [6.45, 7) is 7.34. The summed E-state index contributed by atoms with van der Waals surface area (Å²) in [6.07, 6.45) is 2.45. The molecule has 3 amide bonds.